The molecule has 1 aliphatic rings. The molecule has 1 fully saturated rings. The fourth-order valence-electron chi connectivity index (χ4n) is 2.46. The summed E-state index contributed by atoms with van der Waals surface area (Å²) in [6.45, 7) is 7.45. The maximum Gasteiger partial charge on any atom is 0.263 e. The molecule has 5 nitrogen and oxygen atoms in total. The molecule has 0 spiro atoms. The van der Waals surface area contributed by atoms with E-state index in [1.54, 1.807) is 6.92 Å². The van der Waals surface area contributed by atoms with E-state index in [9.17, 15) is 13.2 Å². The van der Waals surface area contributed by atoms with E-state index in [0.29, 0.717) is 21.6 Å². The van der Waals surface area contributed by atoms with Gasteiger partial charge in [0.2, 0.25) is 10.0 Å². The van der Waals surface area contributed by atoms with Crippen molar-refractivity contribution < 1.29 is 13.2 Å². The van der Waals surface area contributed by atoms with Gasteiger partial charge in [0, 0.05) is 18.0 Å². The molecule has 2 unspecified atom stereocenters. The van der Waals surface area contributed by atoms with Crippen molar-refractivity contribution in [1.29, 1.82) is 0 Å². The number of hydrogen-bond donors (Lipinski definition) is 1. The van der Waals surface area contributed by atoms with Gasteiger partial charge in [-0.25, -0.2) is 13.6 Å². The third-order valence-corrected chi connectivity index (χ3v) is 6.22. The molecule has 1 aromatic heterocycles. The average molecular weight is 316 g/mol. The number of carbonyl (C=O) groups excluding carboxylic acids is 1. The van der Waals surface area contributed by atoms with Gasteiger partial charge >= 0.3 is 0 Å². The highest BCUT2D eigenvalue weighted by Gasteiger charge is 2.28. The molecule has 0 bridgehead atoms. The van der Waals surface area contributed by atoms with Crippen molar-refractivity contribution in [3.63, 3.8) is 0 Å². The average Bonchev–Trinajstić information content (AvgIpc) is 2.74. The number of likely N-dealkylation sites (tertiary alicyclic amines) is 1. The number of hydrogen-bond acceptors (Lipinski definition) is 4. The number of thiophene rings is 1. The Kier molecular flexibility index (Phi) is 4.22. The summed E-state index contributed by atoms with van der Waals surface area (Å²) in [7, 11) is -3.76. The Hall–Kier alpha value is -0.920. The standard InChI is InChI=1S/C13H20N2O3S2/c1-8-4-5-15(7-9(8)2)13(16)11-6-12(10(3)19-11)20(14,17)18/h6,8-9H,4-5,7H2,1-3H3,(H2,14,17,18). The van der Waals surface area contributed by atoms with Crippen LogP contribution in [0.4, 0.5) is 0 Å². The number of aryl methyl sites for hydroxylation is 1. The second-order valence-electron chi connectivity index (χ2n) is 5.57. The van der Waals surface area contributed by atoms with E-state index >= 15 is 0 Å². The Bertz CT molecular complexity index is 622. The monoisotopic (exact) mass is 316 g/mol. The SMILES string of the molecule is Cc1sc(C(=O)N2CCC(C)C(C)C2)cc1S(N)(=O)=O. The van der Waals surface area contributed by atoms with Crippen LogP contribution in [0.1, 0.15) is 34.8 Å². The van der Waals surface area contributed by atoms with E-state index in [2.05, 4.69) is 13.8 Å². The molecule has 1 aliphatic heterocycles. The van der Waals surface area contributed by atoms with Crippen molar-refractivity contribution in [3.05, 3.63) is 15.8 Å². The molecule has 2 atom stereocenters. The van der Waals surface area contributed by atoms with Crippen LogP contribution < -0.4 is 5.14 Å². The summed E-state index contributed by atoms with van der Waals surface area (Å²) in [5.74, 6) is 0.988. The van der Waals surface area contributed by atoms with Crippen LogP contribution in [0.3, 0.4) is 0 Å². The number of sulfonamides is 1. The Morgan fingerprint density at radius 1 is 1.40 bits per heavy atom. The highest BCUT2D eigenvalue weighted by atomic mass is 32.2. The van der Waals surface area contributed by atoms with Crippen molar-refractivity contribution in [1.82, 2.24) is 4.90 Å². The molecule has 1 aromatic rings. The largest absolute Gasteiger partial charge is 0.338 e. The highest BCUT2D eigenvalue weighted by molar-refractivity contribution is 7.89. The lowest BCUT2D eigenvalue weighted by Crippen LogP contribution is -2.41. The summed E-state index contributed by atoms with van der Waals surface area (Å²) >= 11 is 1.19. The second-order valence-corrected chi connectivity index (χ2v) is 8.36. The minimum Gasteiger partial charge on any atom is -0.338 e. The van der Waals surface area contributed by atoms with E-state index in [-0.39, 0.29) is 10.8 Å². The number of nitrogens with zero attached hydrogens (tertiary/aromatic N) is 1. The predicted molar refractivity (Wildman–Crippen MR) is 79.3 cm³/mol. The molecule has 0 saturated carbocycles. The molecule has 0 aliphatic carbocycles. The van der Waals surface area contributed by atoms with Crippen LogP contribution in [0.25, 0.3) is 0 Å². The van der Waals surface area contributed by atoms with Crippen molar-refractivity contribution in [2.24, 2.45) is 17.0 Å². The first-order chi connectivity index (χ1) is 9.20. The number of carbonyl (C=O) groups is 1. The molecular formula is C13H20N2O3S2. The van der Waals surface area contributed by atoms with Crippen LogP contribution in [0, 0.1) is 18.8 Å². The smallest absolute Gasteiger partial charge is 0.263 e. The van der Waals surface area contributed by atoms with Crippen molar-refractivity contribution in [2.75, 3.05) is 13.1 Å². The topological polar surface area (TPSA) is 80.5 Å². The maximum atomic E-state index is 12.4. The fraction of sp³-hybridized carbons (Fsp3) is 0.615. The predicted octanol–water partition coefficient (Wildman–Crippen LogP) is 1.82. The first-order valence-electron chi connectivity index (χ1n) is 6.62. The lowest BCUT2D eigenvalue weighted by Gasteiger charge is -2.35. The first-order valence-corrected chi connectivity index (χ1v) is 8.99. The lowest BCUT2D eigenvalue weighted by atomic mass is 9.88. The Balaban J connectivity index is 2.22. The van der Waals surface area contributed by atoms with Crippen molar-refractivity contribution in [3.8, 4) is 0 Å². The minimum atomic E-state index is -3.76. The first kappa shape index (κ1) is 15.5. The number of piperidine rings is 1. The van der Waals surface area contributed by atoms with Crippen LogP contribution in [0.15, 0.2) is 11.0 Å². The number of amides is 1. The molecular weight excluding hydrogens is 296 g/mol. The summed E-state index contributed by atoms with van der Waals surface area (Å²) in [6.07, 6.45) is 0.985. The molecule has 2 heterocycles. The van der Waals surface area contributed by atoms with E-state index in [1.165, 1.54) is 17.4 Å². The normalized spacial score (nSPS) is 23.9. The fourth-order valence-corrected chi connectivity index (χ4v) is 4.57. The highest BCUT2D eigenvalue weighted by Crippen LogP contribution is 2.28. The zero-order chi connectivity index (χ0) is 15.1. The van der Waals surface area contributed by atoms with E-state index in [4.69, 9.17) is 5.14 Å². The minimum absolute atomic E-state index is 0.0595. The zero-order valence-corrected chi connectivity index (χ0v) is 13.6. The van der Waals surface area contributed by atoms with Gasteiger partial charge in [0.25, 0.3) is 5.91 Å². The zero-order valence-electron chi connectivity index (χ0n) is 11.9. The summed E-state index contributed by atoms with van der Waals surface area (Å²) in [5, 5.41) is 5.14. The van der Waals surface area contributed by atoms with Crippen LogP contribution >= 0.6 is 11.3 Å². The third-order valence-electron chi connectivity index (χ3n) is 4.01. The molecule has 112 valence electrons. The molecule has 7 heteroatoms. The molecule has 1 saturated heterocycles. The van der Waals surface area contributed by atoms with E-state index in [1.807, 2.05) is 4.90 Å². The van der Waals surface area contributed by atoms with Crippen LogP contribution in [0.2, 0.25) is 0 Å². The summed E-state index contributed by atoms with van der Waals surface area (Å²) in [6, 6.07) is 1.40. The Morgan fingerprint density at radius 2 is 2.05 bits per heavy atom. The van der Waals surface area contributed by atoms with Gasteiger partial charge in [-0.15, -0.1) is 11.3 Å². The maximum absolute atomic E-state index is 12.4. The molecule has 2 N–H and O–H groups in total. The van der Waals surface area contributed by atoms with Gasteiger partial charge in [-0.2, -0.15) is 0 Å². The van der Waals surface area contributed by atoms with Gasteiger partial charge in [-0.1, -0.05) is 13.8 Å². The quantitative estimate of drug-likeness (QED) is 0.903. The molecule has 0 aromatic carbocycles. The third kappa shape index (κ3) is 3.05. The molecule has 2 rings (SSSR count). The second kappa shape index (κ2) is 5.46. The number of nitrogens with two attached hydrogens (primary N) is 1. The Labute approximate surface area is 123 Å². The van der Waals surface area contributed by atoms with Gasteiger partial charge in [-0.3, -0.25) is 4.79 Å². The van der Waals surface area contributed by atoms with Crippen LogP contribution in [-0.4, -0.2) is 32.3 Å². The van der Waals surface area contributed by atoms with Crippen molar-refractivity contribution >= 4 is 27.3 Å². The summed E-state index contributed by atoms with van der Waals surface area (Å²) < 4.78 is 22.8. The van der Waals surface area contributed by atoms with Gasteiger partial charge < -0.3 is 4.90 Å². The number of rotatable bonds is 2. The van der Waals surface area contributed by atoms with Gasteiger partial charge in [0.1, 0.15) is 0 Å². The summed E-state index contributed by atoms with van der Waals surface area (Å²) in [4.78, 5) is 15.3. The summed E-state index contributed by atoms with van der Waals surface area (Å²) in [5.41, 5.74) is 0. The molecule has 0 radical (unpaired) electrons. The van der Waals surface area contributed by atoms with Gasteiger partial charge in [0.15, 0.2) is 0 Å². The lowest BCUT2D eigenvalue weighted by molar-refractivity contribution is 0.0632. The van der Waals surface area contributed by atoms with Gasteiger partial charge in [-0.05, 0) is 31.2 Å². The van der Waals surface area contributed by atoms with Crippen molar-refractivity contribution in [2.45, 2.75) is 32.1 Å². The van der Waals surface area contributed by atoms with Crippen LogP contribution in [0.5, 0.6) is 0 Å². The van der Waals surface area contributed by atoms with E-state index < -0.39 is 10.0 Å². The Morgan fingerprint density at radius 3 is 2.55 bits per heavy atom. The molecule has 20 heavy (non-hydrogen) atoms. The van der Waals surface area contributed by atoms with Crippen LogP contribution in [-0.2, 0) is 10.0 Å². The molecule has 1 amide bonds. The van der Waals surface area contributed by atoms with Gasteiger partial charge in [0.05, 0.1) is 9.77 Å². The number of primary sulfonamides is 1. The van der Waals surface area contributed by atoms with E-state index in [0.717, 1.165) is 19.5 Å².